The van der Waals surface area contributed by atoms with Crippen LogP contribution in [0.4, 0.5) is 11.5 Å². The van der Waals surface area contributed by atoms with Gasteiger partial charge in [-0.15, -0.1) is 0 Å². The Kier molecular flexibility index (Phi) is 5.63. The van der Waals surface area contributed by atoms with E-state index in [2.05, 4.69) is 35.2 Å². The van der Waals surface area contributed by atoms with Crippen LogP contribution in [0.15, 0.2) is 42.5 Å². The molecular weight excluding hydrogens is 407 g/mol. The van der Waals surface area contributed by atoms with Gasteiger partial charge in [-0.2, -0.15) is 0 Å². The highest BCUT2D eigenvalue weighted by molar-refractivity contribution is 6.42. The van der Waals surface area contributed by atoms with Crippen LogP contribution in [-0.2, 0) is 0 Å². The third-order valence-corrected chi connectivity index (χ3v) is 6.01. The molecule has 2 aromatic carbocycles. The number of rotatable bonds is 3. The molecule has 0 atom stereocenters. The van der Waals surface area contributed by atoms with Crippen molar-refractivity contribution in [2.24, 2.45) is 0 Å². The molecule has 4 rings (SSSR count). The van der Waals surface area contributed by atoms with Crippen LogP contribution >= 0.6 is 23.2 Å². The fourth-order valence-corrected chi connectivity index (χ4v) is 3.79. The Labute approximate surface area is 180 Å². The van der Waals surface area contributed by atoms with E-state index < -0.39 is 0 Å². The highest BCUT2D eigenvalue weighted by Gasteiger charge is 2.17. The van der Waals surface area contributed by atoms with Crippen LogP contribution in [0, 0.1) is 6.92 Å². The first kappa shape index (κ1) is 20.0. The van der Waals surface area contributed by atoms with Crippen molar-refractivity contribution in [3.8, 4) is 0 Å². The number of likely N-dealkylation sites (N-methyl/N-ethyl adjacent to an activating group) is 1. The molecule has 0 bridgehead atoms. The molecule has 0 saturated carbocycles. The normalized spacial score (nSPS) is 15.0. The zero-order valence-electron chi connectivity index (χ0n) is 16.4. The second-order valence-electron chi connectivity index (χ2n) is 7.40. The number of hydrogen-bond donors (Lipinski definition) is 1. The van der Waals surface area contributed by atoms with Crippen LogP contribution < -0.4 is 10.2 Å². The number of nitrogens with one attached hydrogen (secondary N) is 1. The number of fused-ring (bicyclic) bond motifs is 1. The second kappa shape index (κ2) is 8.19. The van der Waals surface area contributed by atoms with Crippen LogP contribution in [-0.4, -0.2) is 49.0 Å². The molecule has 1 aliphatic heterocycles. The third kappa shape index (κ3) is 4.32. The smallest absolute Gasteiger partial charge is 0.255 e. The van der Waals surface area contributed by atoms with E-state index in [1.54, 1.807) is 18.2 Å². The fourth-order valence-electron chi connectivity index (χ4n) is 3.49. The molecule has 29 heavy (non-hydrogen) atoms. The molecule has 3 aromatic rings. The number of halogens is 2. The fraction of sp³-hybridized carbons (Fsp3) is 0.273. The van der Waals surface area contributed by atoms with E-state index in [1.807, 2.05) is 18.2 Å². The Hall–Kier alpha value is -2.34. The van der Waals surface area contributed by atoms with Crippen molar-refractivity contribution < 1.29 is 4.79 Å². The van der Waals surface area contributed by atoms with Crippen molar-refractivity contribution in [1.29, 1.82) is 0 Å². The number of pyridine rings is 1. The van der Waals surface area contributed by atoms with E-state index in [4.69, 9.17) is 28.2 Å². The maximum Gasteiger partial charge on any atom is 0.255 e. The Morgan fingerprint density at radius 1 is 1.00 bits per heavy atom. The lowest BCUT2D eigenvalue weighted by molar-refractivity contribution is 0.102. The average Bonchev–Trinajstić information content (AvgIpc) is 2.71. The summed E-state index contributed by atoms with van der Waals surface area (Å²) in [6.45, 7) is 6.11. The minimum absolute atomic E-state index is 0.234. The molecule has 0 radical (unpaired) electrons. The molecule has 150 valence electrons. The molecule has 1 amide bonds. The number of benzene rings is 2. The van der Waals surface area contributed by atoms with Gasteiger partial charge in [0.15, 0.2) is 0 Å². The summed E-state index contributed by atoms with van der Waals surface area (Å²) in [6, 6.07) is 12.7. The first-order chi connectivity index (χ1) is 13.9. The molecule has 0 aliphatic carbocycles. The van der Waals surface area contributed by atoms with Gasteiger partial charge in [-0.25, -0.2) is 4.98 Å². The molecule has 7 heteroatoms. The summed E-state index contributed by atoms with van der Waals surface area (Å²) in [5.74, 6) is 0.776. The van der Waals surface area contributed by atoms with E-state index in [9.17, 15) is 4.79 Å². The number of carbonyl (C=O) groups is 1. The zero-order chi connectivity index (χ0) is 20.5. The zero-order valence-corrected chi connectivity index (χ0v) is 17.9. The van der Waals surface area contributed by atoms with Crippen molar-refractivity contribution in [3.05, 3.63) is 63.6 Å². The molecule has 0 unspecified atom stereocenters. The lowest BCUT2D eigenvalue weighted by Gasteiger charge is -2.33. The van der Waals surface area contributed by atoms with E-state index in [-0.39, 0.29) is 5.91 Å². The lowest BCUT2D eigenvalue weighted by Crippen LogP contribution is -2.44. The molecular formula is C22H22Cl2N4O. The highest BCUT2D eigenvalue weighted by Crippen LogP contribution is 2.27. The molecule has 1 fully saturated rings. The lowest BCUT2D eigenvalue weighted by atomic mass is 10.1. The molecule has 1 N–H and O–H groups in total. The number of anilines is 2. The summed E-state index contributed by atoms with van der Waals surface area (Å²) in [5, 5.41) is 4.72. The third-order valence-electron chi connectivity index (χ3n) is 5.27. The first-order valence-electron chi connectivity index (χ1n) is 9.52. The number of amides is 1. The maximum atomic E-state index is 12.5. The Morgan fingerprint density at radius 3 is 2.48 bits per heavy atom. The van der Waals surface area contributed by atoms with E-state index in [1.165, 1.54) is 0 Å². The summed E-state index contributed by atoms with van der Waals surface area (Å²) < 4.78 is 0. The van der Waals surface area contributed by atoms with Crippen LogP contribution in [0.2, 0.25) is 10.0 Å². The monoisotopic (exact) mass is 428 g/mol. The number of hydrogen-bond acceptors (Lipinski definition) is 4. The van der Waals surface area contributed by atoms with Gasteiger partial charge >= 0.3 is 0 Å². The van der Waals surface area contributed by atoms with Crippen LogP contribution in [0.1, 0.15) is 15.9 Å². The predicted molar refractivity (Wildman–Crippen MR) is 121 cm³/mol. The molecule has 5 nitrogen and oxygen atoms in total. The SMILES string of the molecule is Cc1cc(N2CCN(C)CC2)nc2ccc(NC(=O)c3ccc(Cl)c(Cl)c3)cc12. The molecule has 1 aliphatic rings. The average molecular weight is 429 g/mol. The van der Waals surface area contributed by atoms with E-state index in [0.717, 1.165) is 48.5 Å². The van der Waals surface area contributed by atoms with Gasteiger partial charge in [0.1, 0.15) is 5.82 Å². The van der Waals surface area contributed by atoms with Crippen molar-refractivity contribution in [3.63, 3.8) is 0 Å². The van der Waals surface area contributed by atoms with Crippen LogP contribution in [0.3, 0.4) is 0 Å². The largest absolute Gasteiger partial charge is 0.354 e. The number of nitrogens with zero attached hydrogens (tertiary/aromatic N) is 3. The number of aryl methyl sites for hydroxylation is 1. The number of piperazine rings is 1. The maximum absolute atomic E-state index is 12.5. The van der Waals surface area contributed by atoms with E-state index in [0.29, 0.717) is 21.3 Å². The molecule has 2 heterocycles. The predicted octanol–water partition coefficient (Wildman–Crippen LogP) is 4.85. The van der Waals surface area contributed by atoms with Gasteiger partial charge in [-0.05, 0) is 62.0 Å². The molecule has 0 spiro atoms. The van der Waals surface area contributed by atoms with Gasteiger partial charge in [-0.1, -0.05) is 23.2 Å². The Morgan fingerprint density at radius 2 is 1.76 bits per heavy atom. The van der Waals surface area contributed by atoms with Gasteiger partial charge in [0.2, 0.25) is 0 Å². The van der Waals surface area contributed by atoms with Crippen molar-refractivity contribution in [1.82, 2.24) is 9.88 Å². The Bertz CT molecular complexity index is 1080. The van der Waals surface area contributed by atoms with Gasteiger partial charge in [0.25, 0.3) is 5.91 Å². The van der Waals surface area contributed by atoms with Gasteiger partial charge < -0.3 is 15.1 Å². The minimum atomic E-state index is -0.234. The summed E-state index contributed by atoms with van der Waals surface area (Å²) >= 11 is 11.9. The standard InChI is InChI=1S/C22H22Cl2N4O/c1-14-11-21(28-9-7-27(2)8-10-28)26-20-6-4-16(13-17(14)20)25-22(29)15-3-5-18(23)19(24)12-15/h3-6,11-13H,7-10H2,1-2H3,(H,25,29). The number of carbonyl (C=O) groups excluding carboxylic acids is 1. The first-order valence-corrected chi connectivity index (χ1v) is 10.3. The van der Waals surface area contributed by atoms with Gasteiger partial charge in [-0.3, -0.25) is 4.79 Å². The van der Waals surface area contributed by atoms with Crippen molar-refractivity contribution in [2.75, 3.05) is 43.4 Å². The molecule has 1 saturated heterocycles. The van der Waals surface area contributed by atoms with Crippen molar-refractivity contribution in [2.45, 2.75) is 6.92 Å². The number of aromatic nitrogens is 1. The highest BCUT2D eigenvalue weighted by atomic mass is 35.5. The summed E-state index contributed by atoms with van der Waals surface area (Å²) in [7, 11) is 2.14. The van der Waals surface area contributed by atoms with E-state index >= 15 is 0 Å². The molecule has 1 aromatic heterocycles. The summed E-state index contributed by atoms with van der Waals surface area (Å²) in [5.41, 5.74) is 3.23. The Balaban J connectivity index is 1.57. The topological polar surface area (TPSA) is 48.5 Å². The van der Waals surface area contributed by atoms with Gasteiger partial charge in [0.05, 0.1) is 15.6 Å². The quantitative estimate of drug-likeness (QED) is 0.647. The summed E-state index contributed by atoms with van der Waals surface area (Å²) in [4.78, 5) is 22.0. The second-order valence-corrected chi connectivity index (χ2v) is 8.22. The van der Waals surface area contributed by atoms with Crippen molar-refractivity contribution >= 4 is 51.5 Å². The minimum Gasteiger partial charge on any atom is -0.354 e. The van der Waals surface area contributed by atoms with Crippen LogP contribution in [0.5, 0.6) is 0 Å². The van der Waals surface area contributed by atoms with Crippen LogP contribution in [0.25, 0.3) is 10.9 Å². The summed E-state index contributed by atoms with van der Waals surface area (Å²) in [6.07, 6.45) is 0. The van der Waals surface area contributed by atoms with Gasteiger partial charge in [0, 0.05) is 42.8 Å².